The van der Waals surface area contributed by atoms with Gasteiger partial charge in [-0.2, -0.15) is 0 Å². The number of oxime groups is 1. The van der Waals surface area contributed by atoms with Crippen LogP contribution in [0.15, 0.2) is 59.9 Å². The molecule has 0 aliphatic rings. The molecular formula is C19H18N2O6. The van der Waals surface area contributed by atoms with Crippen molar-refractivity contribution in [1.82, 2.24) is 0 Å². The molecule has 0 radical (unpaired) electrons. The van der Waals surface area contributed by atoms with Gasteiger partial charge in [0.15, 0.2) is 0 Å². The molecule has 0 saturated carbocycles. The Morgan fingerprint density at radius 3 is 2.48 bits per heavy atom. The second-order valence-electron chi connectivity index (χ2n) is 5.45. The summed E-state index contributed by atoms with van der Waals surface area (Å²) in [6.07, 6.45) is 1.36. The lowest BCUT2D eigenvalue weighted by Gasteiger charge is -2.13. The molecule has 0 fully saturated rings. The summed E-state index contributed by atoms with van der Waals surface area (Å²) >= 11 is 0. The monoisotopic (exact) mass is 370 g/mol. The van der Waals surface area contributed by atoms with E-state index in [1.807, 2.05) is 0 Å². The zero-order valence-corrected chi connectivity index (χ0v) is 14.8. The number of hydrogen-bond donors (Lipinski definition) is 1. The molecule has 1 N–H and O–H groups in total. The van der Waals surface area contributed by atoms with Crippen molar-refractivity contribution in [1.29, 1.82) is 0 Å². The summed E-state index contributed by atoms with van der Waals surface area (Å²) in [5.74, 6) is -0.614. The minimum atomic E-state index is -0.614. The van der Waals surface area contributed by atoms with Gasteiger partial charge < -0.3 is 14.7 Å². The van der Waals surface area contributed by atoms with Gasteiger partial charge in [-0.15, -0.1) is 0 Å². The van der Waals surface area contributed by atoms with Crippen LogP contribution in [0.3, 0.4) is 0 Å². The highest BCUT2D eigenvalue weighted by Crippen LogP contribution is 2.23. The molecule has 2 rings (SSSR count). The van der Waals surface area contributed by atoms with Crippen molar-refractivity contribution in [2.45, 2.75) is 6.42 Å². The SMILES string of the molecule is COC=C(C(=O)OC)c1ccccc1C(Cc1cccc([N+](=O)[O-])c1)=NO. The van der Waals surface area contributed by atoms with Gasteiger partial charge in [-0.3, -0.25) is 10.1 Å². The molecule has 0 aliphatic heterocycles. The molecule has 0 saturated heterocycles. The molecule has 0 aromatic heterocycles. The molecule has 2 aromatic rings. The number of methoxy groups -OCH3 is 2. The second-order valence-corrected chi connectivity index (χ2v) is 5.45. The van der Waals surface area contributed by atoms with Crippen LogP contribution in [0.2, 0.25) is 0 Å². The van der Waals surface area contributed by atoms with E-state index in [9.17, 15) is 20.1 Å². The third-order valence-corrected chi connectivity index (χ3v) is 3.78. The minimum absolute atomic E-state index is 0.0624. The maximum absolute atomic E-state index is 12.1. The number of nitro benzene ring substituents is 1. The number of non-ortho nitro benzene ring substituents is 1. The van der Waals surface area contributed by atoms with Gasteiger partial charge in [0, 0.05) is 29.7 Å². The normalized spacial score (nSPS) is 11.8. The smallest absolute Gasteiger partial charge is 0.341 e. The largest absolute Gasteiger partial charge is 0.503 e. The van der Waals surface area contributed by atoms with Crippen LogP contribution in [0.25, 0.3) is 5.57 Å². The van der Waals surface area contributed by atoms with E-state index < -0.39 is 10.9 Å². The predicted octanol–water partition coefficient (Wildman–Crippen LogP) is 3.18. The maximum atomic E-state index is 12.1. The van der Waals surface area contributed by atoms with Crippen molar-refractivity contribution in [3.05, 3.63) is 81.6 Å². The lowest BCUT2D eigenvalue weighted by atomic mass is 9.94. The van der Waals surface area contributed by atoms with E-state index in [0.29, 0.717) is 16.7 Å². The van der Waals surface area contributed by atoms with Gasteiger partial charge >= 0.3 is 5.97 Å². The van der Waals surface area contributed by atoms with Gasteiger partial charge in [0.2, 0.25) is 0 Å². The van der Waals surface area contributed by atoms with E-state index in [4.69, 9.17) is 9.47 Å². The van der Waals surface area contributed by atoms with Crippen molar-refractivity contribution in [3.63, 3.8) is 0 Å². The quantitative estimate of drug-likeness (QED) is 0.152. The van der Waals surface area contributed by atoms with Crippen molar-refractivity contribution >= 4 is 22.9 Å². The number of carbonyl (C=O) groups is 1. The zero-order chi connectivity index (χ0) is 19.8. The number of esters is 1. The first-order valence-corrected chi connectivity index (χ1v) is 7.87. The Kier molecular flexibility index (Phi) is 6.65. The highest BCUT2D eigenvalue weighted by atomic mass is 16.6. The summed E-state index contributed by atoms with van der Waals surface area (Å²) < 4.78 is 9.75. The Hall–Kier alpha value is -3.68. The fourth-order valence-corrected chi connectivity index (χ4v) is 2.58. The molecule has 140 valence electrons. The van der Waals surface area contributed by atoms with E-state index in [1.54, 1.807) is 36.4 Å². The molecule has 0 atom stereocenters. The number of carbonyl (C=O) groups excluding carboxylic acids is 1. The van der Waals surface area contributed by atoms with Gasteiger partial charge in [0.25, 0.3) is 5.69 Å². The molecule has 0 unspecified atom stereocenters. The molecular weight excluding hydrogens is 352 g/mol. The Morgan fingerprint density at radius 1 is 1.19 bits per heavy atom. The number of nitro groups is 1. The lowest BCUT2D eigenvalue weighted by molar-refractivity contribution is -0.384. The molecule has 27 heavy (non-hydrogen) atoms. The van der Waals surface area contributed by atoms with Crippen LogP contribution in [0, 0.1) is 10.1 Å². The first kappa shape index (κ1) is 19.6. The summed E-state index contributed by atoms with van der Waals surface area (Å²) in [5, 5.41) is 23.8. The molecule has 8 nitrogen and oxygen atoms in total. The van der Waals surface area contributed by atoms with Gasteiger partial charge in [0.1, 0.15) is 5.57 Å². The predicted molar refractivity (Wildman–Crippen MR) is 98.6 cm³/mol. The molecule has 0 spiro atoms. The van der Waals surface area contributed by atoms with Crippen molar-refractivity contribution in [3.8, 4) is 0 Å². The Balaban J connectivity index is 2.47. The third kappa shape index (κ3) is 4.69. The summed E-state index contributed by atoms with van der Waals surface area (Å²) in [5.41, 5.74) is 1.83. The Bertz CT molecular complexity index is 905. The third-order valence-electron chi connectivity index (χ3n) is 3.78. The van der Waals surface area contributed by atoms with Gasteiger partial charge in [0.05, 0.1) is 31.1 Å². The summed E-state index contributed by atoms with van der Waals surface area (Å²) in [7, 11) is 2.65. The average Bonchev–Trinajstić information content (AvgIpc) is 2.70. The Morgan fingerprint density at radius 2 is 1.89 bits per heavy atom. The average molecular weight is 370 g/mol. The van der Waals surface area contributed by atoms with Crippen LogP contribution in [0.1, 0.15) is 16.7 Å². The van der Waals surface area contributed by atoms with Crippen LogP contribution in [-0.4, -0.2) is 36.0 Å². The number of hydrogen-bond acceptors (Lipinski definition) is 7. The highest BCUT2D eigenvalue weighted by molar-refractivity contribution is 6.19. The van der Waals surface area contributed by atoms with E-state index in [0.717, 1.165) is 0 Å². The van der Waals surface area contributed by atoms with Crippen LogP contribution >= 0.6 is 0 Å². The molecule has 8 heteroatoms. The van der Waals surface area contributed by atoms with Gasteiger partial charge in [-0.25, -0.2) is 4.79 Å². The summed E-state index contributed by atoms with van der Waals surface area (Å²) in [6, 6.07) is 12.8. The lowest BCUT2D eigenvalue weighted by Crippen LogP contribution is -2.12. The topological polar surface area (TPSA) is 111 Å². The zero-order valence-electron chi connectivity index (χ0n) is 14.8. The van der Waals surface area contributed by atoms with E-state index in [2.05, 4.69) is 5.16 Å². The van der Waals surface area contributed by atoms with Crippen LogP contribution in [0.5, 0.6) is 0 Å². The van der Waals surface area contributed by atoms with Crippen LogP contribution < -0.4 is 0 Å². The van der Waals surface area contributed by atoms with Crippen molar-refractivity contribution < 1.29 is 24.4 Å². The number of nitrogens with zero attached hydrogens (tertiary/aromatic N) is 2. The first-order valence-electron chi connectivity index (χ1n) is 7.87. The molecule has 0 amide bonds. The van der Waals surface area contributed by atoms with Crippen LogP contribution in [0.4, 0.5) is 5.69 Å². The standard InChI is InChI=1S/C19H18N2O6/c1-26-12-17(19(22)27-2)15-8-3-4-9-16(15)18(20-23)11-13-6-5-7-14(10-13)21(24)25/h3-10,12,23H,11H2,1-2H3. The van der Waals surface area contributed by atoms with Gasteiger partial charge in [-0.05, 0) is 5.56 Å². The fraction of sp³-hybridized carbons (Fsp3) is 0.158. The maximum Gasteiger partial charge on any atom is 0.341 e. The number of ether oxygens (including phenoxy) is 2. The molecule has 0 heterocycles. The fourth-order valence-electron chi connectivity index (χ4n) is 2.58. The summed E-state index contributed by atoms with van der Waals surface area (Å²) in [6.45, 7) is 0. The van der Waals surface area contributed by atoms with E-state index in [-0.39, 0.29) is 23.4 Å². The molecule has 2 aromatic carbocycles. The van der Waals surface area contributed by atoms with Crippen LogP contribution in [-0.2, 0) is 20.7 Å². The highest BCUT2D eigenvalue weighted by Gasteiger charge is 2.20. The Labute approximate surface area is 155 Å². The van der Waals surface area contributed by atoms with E-state index >= 15 is 0 Å². The second kappa shape index (κ2) is 9.14. The number of benzene rings is 2. The number of rotatable bonds is 7. The molecule has 0 bridgehead atoms. The summed E-state index contributed by atoms with van der Waals surface area (Å²) in [4.78, 5) is 22.6. The van der Waals surface area contributed by atoms with E-state index in [1.165, 1.54) is 32.6 Å². The van der Waals surface area contributed by atoms with Crippen molar-refractivity contribution in [2.75, 3.05) is 14.2 Å². The van der Waals surface area contributed by atoms with Gasteiger partial charge in [-0.1, -0.05) is 41.6 Å². The van der Waals surface area contributed by atoms with Crippen molar-refractivity contribution in [2.24, 2.45) is 5.16 Å². The first-order chi connectivity index (χ1) is 13.0. The molecule has 0 aliphatic carbocycles. The minimum Gasteiger partial charge on any atom is -0.503 e.